The van der Waals surface area contributed by atoms with Crippen LogP contribution in [0.1, 0.15) is 55.7 Å². The highest BCUT2D eigenvalue weighted by Gasteiger charge is 2.22. The minimum atomic E-state index is -0.731. The topological polar surface area (TPSA) is 55.8 Å². The Balaban J connectivity index is 0.00000141. The van der Waals surface area contributed by atoms with Crippen LogP contribution >= 0.6 is 0 Å². The summed E-state index contributed by atoms with van der Waals surface area (Å²) in [4.78, 5) is 11.1. The third-order valence-electron chi connectivity index (χ3n) is 5.74. The Morgan fingerprint density at radius 1 is 0.969 bits per heavy atom. The van der Waals surface area contributed by atoms with Crippen molar-refractivity contribution in [2.75, 3.05) is 7.11 Å². The van der Waals surface area contributed by atoms with Crippen molar-refractivity contribution in [3.8, 4) is 22.6 Å². The fourth-order valence-electron chi connectivity index (χ4n) is 4.17. The van der Waals surface area contributed by atoms with E-state index in [-0.39, 0.29) is 12.3 Å². The molecule has 4 rings (SSSR count). The number of aryl methyl sites for hydroxylation is 1. The van der Waals surface area contributed by atoms with Crippen molar-refractivity contribution >= 4 is 5.97 Å². The first-order valence-corrected chi connectivity index (χ1v) is 11.3. The molecule has 4 nitrogen and oxygen atoms in total. The first-order chi connectivity index (χ1) is 15.6. The summed E-state index contributed by atoms with van der Waals surface area (Å²) in [5.74, 6) is 1.06. The largest absolute Gasteiger partial charge is 0.497 e. The number of rotatable bonds is 7. The van der Waals surface area contributed by atoms with E-state index in [0.29, 0.717) is 6.61 Å². The molecule has 0 bridgehead atoms. The number of carboxylic acid groups (broad SMARTS) is 1. The van der Waals surface area contributed by atoms with Crippen molar-refractivity contribution in [3.05, 3.63) is 83.4 Å². The summed E-state index contributed by atoms with van der Waals surface area (Å²) in [7, 11) is 1.67. The molecule has 0 fully saturated rings. The molecule has 3 aromatic carbocycles. The Kier molecular flexibility index (Phi) is 8.32. The van der Waals surface area contributed by atoms with E-state index in [2.05, 4.69) is 36.4 Å². The van der Waals surface area contributed by atoms with Gasteiger partial charge >= 0.3 is 5.97 Å². The maximum atomic E-state index is 11.1. The third-order valence-corrected chi connectivity index (χ3v) is 5.74. The minimum absolute atomic E-state index is 0.115. The predicted octanol–water partition coefficient (Wildman–Crippen LogP) is 6.86. The summed E-state index contributed by atoms with van der Waals surface area (Å²) >= 11 is 0. The zero-order valence-electron chi connectivity index (χ0n) is 19.1. The number of hydrogen-bond acceptors (Lipinski definition) is 3. The number of hydrogen-bond donors (Lipinski definition) is 1. The van der Waals surface area contributed by atoms with Crippen LogP contribution in [0.3, 0.4) is 0 Å². The van der Waals surface area contributed by atoms with Gasteiger partial charge in [0.2, 0.25) is 0 Å². The third kappa shape index (κ3) is 5.91. The normalized spacial score (nSPS) is 14.5. The molecule has 1 unspecified atom stereocenters. The van der Waals surface area contributed by atoms with Crippen molar-refractivity contribution in [1.29, 1.82) is 0 Å². The fourth-order valence-corrected chi connectivity index (χ4v) is 4.17. The number of ether oxygens (including phenoxy) is 2. The molecular weight excluding hydrogens is 400 g/mol. The molecule has 0 radical (unpaired) electrons. The van der Waals surface area contributed by atoms with Crippen molar-refractivity contribution < 1.29 is 19.4 Å². The molecule has 1 N–H and O–H groups in total. The molecule has 0 aliphatic heterocycles. The number of methoxy groups -OCH3 is 1. The van der Waals surface area contributed by atoms with Gasteiger partial charge in [-0.15, -0.1) is 0 Å². The van der Waals surface area contributed by atoms with E-state index in [1.54, 1.807) is 7.11 Å². The number of carboxylic acids is 1. The van der Waals surface area contributed by atoms with Gasteiger partial charge in [-0.1, -0.05) is 56.3 Å². The molecule has 32 heavy (non-hydrogen) atoms. The van der Waals surface area contributed by atoms with Crippen LogP contribution in [0.5, 0.6) is 11.5 Å². The van der Waals surface area contributed by atoms with E-state index in [0.717, 1.165) is 47.5 Å². The Hall–Kier alpha value is -3.27. The average molecular weight is 433 g/mol. The van der Waals surface area contributed by atoms with Gasteiger partial charge in [-0.25, -0.2) is 0 Å². The molecule has 0 amide bonds. The maximum Gasteiger partial charge on any atom is 0.303 e. The number of benzene rings is 3. The second-order valence-electron chi connectivity index (χ2n) is 7.77. The van der Waals surface area contributed by atoms with Crippen LogP contribution in [-0.4, -0.2) is 18.2 Å². The molecule has 0 saturated carbocycles. The van der Waals surface area contributed by atoms with Crippen LogP contribution in [-0.2, 0) is 17.8 Å². The highest BCUT2D eigenvalue weighted by molar-refractivity contribution is 5.68. The molecule has 168 valence electrons. The Morgan fingerprint density at radius 3 is 2.47 bits per heavy atom. The van der Waals surface area contributed by atoms with Crippen molar-refractivity contribution in [1.82, 2.24) is 0 Å². The summed E-state index contributed by atoms with van der Waals surface area (Å²) < 4.78 is 11.3. The summed E-state index contributed by atoms with van der Waals surface area (Å²) in [6.07, 6.45) is 3.16. The van der Waals surface area contributed by atoms with E-state index in [4.69, 9.17) is 14.6 Å². The SMILES string of the molecule is CC.COc1cccc(-c2ccc(COc3ccc4c(c3)CCCC4CC(=O)O)cc2)c1. The standard InChI is InChI=1S/C26H26O4.C2H6/c1-29-23-7-3-4-20(14-23)19-10-8-18(9-11-19)17-30-24-12-13-25-21(15-24)5-2-6-22(25)16-26(27)28;1-2/h3-4,7-15,22H,2,5-6,16-17H2,1H3,(H,27,28);1-2H3. The van der Waals surface area contributed by atoms with Gasteiger partial charge < -0.3 is 14.6 Å². The zero-order valence-corrected chi connectivity index (χ0v) is 19.1. The van der Waals surface area contributed by atoms with Gasteiger partial charge in [0.05, 0.1) is 13.5 Å². The van der Waals surface area contributed by atoms with Gasteiger partial charge in [0, 0.05) is 0 Å². The van der Waals surface area contributed by atoms with E-state index < -0.39 is 5.97 Å². The van der Waals surface area contributed by atoms with Crippen molar-refractivity contribution in [2.45, 2.75) is 52.1 Å². The summed E-state index contributed by atoms with van der Waals surface area (Å²) in [5.41, 5.74) is 5.74. The van der Waals surface area contributed by atoms with Crippen molar-refractivity contribution in [2.24, 2.45) is 0 Å². The molecular formula is C28H32O4. The molecule has 4 heteroatoms. The van der Waals surface area contributed by atoms with Crippen LogP contribution in [0.4, 0.5) is 0 Å². The molecule has 1 atom stereocenters. The Labute approximate surface area is 190 Å². The first-order valence-electron chi connectivity index (χ1n) is 11.3. The van der Waals surface area contributed by atoms with E-state index in [9.17, 15) is 4.79 Å². The van der Waals surface area contributed by atoms with E-state index in [1.165, 1.54) is 11.1 Å². The van der Waals surface area contributed by atoms with E-state index >= 15 is 0 Å². The van der Waals surface area contributed by atoms with Gasteiger partial charge in [-0.3, -0.25) is 4.79 Å². The molecule has 0 saturated heterocycles. The quantitative estimate of drug-likeness (QED) is 0.443. The lowest BCUT2D eigenvalue weighted by Gasteiger charge is -2.24. The predicted molar refractivity (Wildman–Crippen MR) is 128 cm³/mol. The van der Waals surface area contributed by atoms with Crippen molar-refractivity contribution in [3.63, 3.8) is 0 Å². The first kappa shape index (κ1) is 23.4. The number of fused-ring (bicyclic) bond motifs is 1. The molecule has 0 spiro atoms. The van der Waals surface area contributed by atoms with Crippen LogP contribution in [0, 0.1) is 0 Å². The van der Waals surface area contributed by atoms with Gasteiger partial charge in [-0.2, -0.15) is 0 Å². The summed E-state index contributed by atoms with van der Waals surface area (Å²) in [6, 6.07) is 22.5. The maximum absolute atomic E-state index is 11.1. The van der Waals surface area contributed by atoms with Crippen LogP contribution in [0.15, 0.2) is 66.7 Å². The lowest BCUT2D eigenvalue weighted by atomic mass is 9.81. The molecule has 1 aliphatic carbocycles. The van der Waals surface area contributed by atoms with Crippen LogP contribution in [0.25, 0.3) is 11.1 Å². The Morgan fingerprint density at radius 2 is 1.75 bits per heavy atom. The summed E-state index contributed by atoms with van der Waals surface area (Å²) in [6.45, 7) is 4.50. The number of aliphatic carboxylic acids is 1. The molecule has 0 aromatic heterocycles. The number of carbonyl (C=O) groups is 1. The minimum Gasteiger partial charge on any atom is -0.497 e. The van der Waals surface area contributed by atoms with E-state index in [1.807, 2.05) is 44.2 Å². The summed E-state index contributed by atoms with van der Waals surface area (Å²) in [5, 5.41) is 9.14. The second kappa shape index (κ2) is 11.4. The highest BCUT2D eigenvalue weighted by atomic mass is 16.5. The zero-order chi connectivity index (χ0) is 22.9. The lowest BCUT2D eigenvalue weighted by molar-refractivity contribution is -0.137. The van der Waals surface area contributed by atoms with Crippen LogP contribution < -0.4 is 9.47 Å². The van der Waals surface area contributed by atoms with Gasteiger partial charge in [-0.05, 0) is 77.3 Å². The van der Waals surface area contributed by atoms with Gasteiger partial charge in [0.15, 0.2) is 0 Å². The highest BCUT2D eigenvalue weighted by Crippen LogP contribution is 2.36. The molecule has 1 aliphatic rings. The lowest BCUT2D eigenvalue weighted by Crippen LogP contribution is -2.13. The van der Waals surface area contributed by atoms with Crippen LogP contribution in [0.2, 0.25) is 0 Å². The second-order valence-corrected chi connectivity index (χ2v) is 7.77. The Bertz CT molecular complexity index is 1020. The molecule has 3 aromatic rings. The smallest absolute Gasteiger partial charge is 0.303 e. The van der Waals surface area contributed by atoms with Gasteiger partial charge in [0.1, 0.15) is 18.1 Å². The molecule has 0 heterocycles. The average Bonchev–Trinajstić information content (AvgIpc) is 2.84. The monoisotopic (exact) mass is 432 g/mol. The van der Waals surface area contributed by atoms with Gasteiger partial charge in [0.25, 0.3) is 0 Å². The fraction of sp³-hybridized carbons (Fsp3) is 0.321.